The Kier molecular flexibility index (Phi) is 3.82. The summed E-state index contributed by atoms with van der Waals surface area (Å²) in [4.78, 5) is 11.4. The molecule has 1 aliphatic rings. The zero-order valence-electron chi connectivity index (χ0n) is 10.6. The first kappa shape index (κ1) is 12.2. The summed E-state index contributed by atoms with van der Waals surface area (Å²) in [5, 5.41) is 0. The predicted octanol–water partition coefficient (Wildman–Crippen LogP) is 3.70. The van der Waals surface area contributed by atoms with Gasteiger partial charge in [-0.25, -0.2) is 0 Å². The Hall–Kier alpha value is -1.31. The molecule has 2 rings (SSSR count). The van der Waals surface area contributed by atoms with E-state index in [-0.39, 0.29) is 6.10 Å². The third-order valence-electron chi connectivity index (χ3n) is 3.21. The van der Waals surface area contributed by atoms with Crippen molar-refractivity contribution in [2.24, 2.45) is 0 Å². The Labute approximate surface area is 103 Å². The molecule has 0 aliphatic heterocycles. The smallest absolute Gasteiger partial charge is 0.133 e. The average Bonchev–Trinajstić information content (AvgIpc) is 2.29. The highest BCUT2D eigenvalue weighted by Gasteiger charge is 2.20. The third kappa shape index (κ3) is 3.32. The minimum Gasteiger partial charge on any atom is -0.491 e. The summed E-state index contributed by atoms with van der Waals surface area (Å²) in [5.74, 6) is 1.74. The third-order valence-corrected chi connectivity index (χ3v) is 3.21. The van der Waals surface area contributed by atoms with Crippen molar-refractivity contribution < 1.29 is 9.53 Å². The summed E-state index contributed by atoms with van der Waals surface area (Å²) < 4.78 is 5.61. The van der Waals surface area contributed by atoms with E-state index in [1.54, 1.807) is 0 Å². The van der Waals surface area contributed by atoms with E-state index in [1.807, 2.05) is 26.0 Å². The van der Waals surface area contributed by atoms with Gasteiger partial charge in [0.05, 0.1) is 6.10 Å². The normalized spacial score (nSPS) is 20.6. The van der Waals surface area contributed by atoms with Crippen molar-refractivity contribution in [3.63, 3.8) is 0 Å². The van der Waals surface area contributed by atoms with Crippen molar-refractivity contribution in [1.29, 1.82) is 0 Å². The number of Topliss-reactive ketones (excluding diaryl/α,β-unsaturated/α-hetero) is 1. The van der Waals surface area contributed by atoms with Crippen LogP contribution < -0.4 is 4.74 Å². The molecule has 1 fully saturated rings. The van der Waals surface area contributed by atoms with Gasteiger partial charge in [-0.2, -0.15) is 0 Å². The van der Waals surface area contributed by atoms with Crippen molar-refractivity contribution in [1.82, 2.24) is 0 Å². The van der Waals surface area contributed by atoms with Gasteiger partial charge in [-0.3, -0.25) is 4.79 Å². The van der Waals surface area contributed by atoms with Crippen molar-refractivity contribution in [3.8, 4) is 5.75 Å². The van der Waals surface area contributed by atoms with Crippen molar-refractivity contribution in [3.05, 3.63) is 29.8 Å². The highest BCUT2D eigenvalue weighted by Crippen LogP contribution is 2.31. The molecule has 17 heavy (non-hydrogen) atoms. The number of carbonyl (C=O) groups excluding carboxylic acids is 1. The van der Waals surface area contributed by atoms with Crippen LogP contribution in [0.15, 0.2) is 24.3 Å². The van der Waals surface area contributed by atoms with E-state index in [4.69, 9.17) is 4.74 Å². The molecule has 0 radical (unpaired) electrons. The highest BCUT2D eigenvalue weighted by molar-refractivity contribution is 5.80. The lowest BCUT2D eigenvalue weighted by atomic mass is 9.83. The first-order valence-corrected chi connectivity index (χ1v) is 6.43. The zero-order chi connectivity index (χ0) is 12.3. The lowest BCUT2D eigenvalue weighted by Gasteiger charge is -2.21. The average molecular weight is 232 g/mol. The molecule has 0 N–H and O–H groups in total. The van der Waals surface area contributed by atoms with Gasteiger partial charge >= 0.3 is 0 Å². The molecule has 0 bridgehead atoms. The van der Waals surface area contributed by atoms with Crippen molar-refractivity contribution in [2.75, 3.05) is 0 Å². The van der Waals surface area contributed by atoms with E-state index in [0.717, 1.165) is 25.0 Å². The second kappa shape index (κ2) is 5.35. The fraction of sp³-hybridized carbons (Fsp3) is 0.533. The monoisotopic (exact) mass is 232 g/mol. The second-order valence-electron chi connectivity index (χ2n) is 5.07. The van der Waals surface area contributed by atoms with Gasteiger partial charge in [-0.15, -0.1) is 0 Å². The molecular weight excluding hydrogens is 212 g/mol. The van der Waals surface area contributed by atoms with Crippen molar-refractivity contribution in [2.45, 2.75) is 51.6 Å². The SMILES string of the molecule is CC(C)Oc1ccc(C2CCCC(=O)C2)cc1. The summed E-state index contributed by atoms with van der Waals surface area (Å²) in [6.07, 6.45) is 3.86. The molecule has 1 aromatic carbocycles. The van der Waals surface area contributed by atoms with E-state index in [0.29, 0.717) is 18.1 Å². The largest absolute Gasteiger partial charge is 0.491 e. The van der Waals surface area contributed by atoms with Crippen LogP contribution in [-0.2, 0) is 4.79 Å². The Balaban J connectivity index is 2.04. The van der Waals surface area contributed by atoms with Crippen LogP contribution >= 0.6 is 0 Å². The molecule has 1 saturated carbocycles. The Morgan fingerprint density at radius 2 is 1.94 bits per heavy atom. The van der Waals surface area contributed by atoms with E-state index >= 15 is 0 Å². The lowest BCUT2D eigenvalue weighted by molar-refractivity contribution is -0.120. The molecule has 0 heterocycles. The topological polar surface area (TPSA) is 26.3 Å². The van der Waals surface area contributed by atoms with Crippen LogP contribution in [-0.4, -0.2) is 11.9 Å². The summed E-state index contributed by atoms with van der Waals surface area (Å²) in [6.45, 7) is 4.04. The number of hydrogen-bond acceptors (Lipinski definition) is 2. The minimum atomic E-state index is 0.206. The maximum absolute atomic E-state index is 11.4. The number of rotatable bonds is 3. The van der Waals surface area contributed by atoms with Crippen LogP contribution in [0.4, 0.5) is 0 Å². The number of benzene rings is 1. The highest BCUT2D eigenvalue weighted by atomic mass is 16.5. The number of hydrogen-bond donors (Lipinski definition) is 0. The molecule has 0 aromatic heterocycles. The molecule has 2 heteroatoms. The first-order valence-electron chi connectivity index (χ1n) is 6.43. The summed E-state index contributed by atoms with van der Waals surface area (Å²) in [5.41, 5.74) is 1.27. The quantitative estimate of drug-likeness (QED) is 0.794. The van der Waals surface area contributed by atoms with Gasteiger partial charge in [0.2, 0.25) is 0 Å². The van der Waals surface area contributed by atoms with Crippen LogP contribution in [0.2, 0.25) is 0 Å². The fourth-order valence-corrected chi connectivity index (χ4v) is 2.40. The minimum absolute atomic E-state index is 0.206. The van der Waals surface area contributed by atoms with Crippen LogP contribution in [0.3, 0.4) is 0 Å². The summed E-state index contributed by atoms with van der Waals surface area (Å²) >= 11 is 0. The summed E-state index contributed by atoms with van der Waals surface area (Å²) in [7, 11) is 0. The van der Waals surface area contributed by atoms with Gasteiger partial charge in [-0.05, 0) is 50.3 Å². The van der Waals surface area contributed by atoms with Gasteiger partial charge in [0, 0.05) is 12.8 Å². The lowest BCUT2D eigenvalue weighted by Crippen LogP contribution is -2.13. The Bertz CT molecular complexity index is 378. The Morgan fingerprint density at radius 3 is 2.53 bits per heavy atom. The molecule has 1 atom stereocenters. The van der Waals surface area contributed by atoms with Crippen LogP contribution in [0.1, 0.15) is 51.0 Å². The second-order valence-corrected chi connectivity index (χ2v) is 5.07. The summed E-state index contributed by atoms with van der Waals surface area (Å²) in [6, 6.07) is 8.21. The maximum atomic E-state index is 11.4. The molecule has 1 aliphatic carbocycles. The van der Waals surface area contributed by atoms with Gasteiger partial charge < -0.3 is 4.74 Å². The maximum Gasteiger partial charge on any atom is 0.133 e. The van der Waals surface area contributed by atoms with Gasteiger partial charge in [0.15, 0.2) is 0 Å². The van der Waals surface area contributed by atoms with Crippen LogP contribution in [0.25, 0.3) is 0 Å². The van der Waals surface area contributed by atoms with E-state index in [9.17, 15) is 4.79 Å². The zero-order valence-corrected chi connectivity index (χ0v) is 10.6. The molecule has 1 aromatic rings. The van der Waals surface area contributed by atoms with Gasteiger partial charge in [0.25, 0.3) is 0 Å². The molecule has 0 spiro atoms. The molecular formula is C15H20O2. The molecule has 0 amide bonds. The molecule has 2 nitrogen and oxygen atoms in total. The molecule has 0 saturated heterocycles. The number of ether oxygens (including phenoxy) is 1. The standard InChI is InChI=1S/C15H20O2/c1-11(2)17-15-8-6-12(7-9-15)13-4-3-5-14(16)10-13/h6-9,11,13H,3-5,10H2,1-2H3. The predicted molar refractivity (Wildman–Crippen MR) is 68.4 cm³/mol. The fourth-order valence-electron chi connectivity index (χ4n) is 2.40. The number of carbonyl (C=O) groups is 1. The first-order chi connectivity index (χ1) is 8.15. The van der Waals surface area contributed by atoms with E-state index < -0.39 is 0 Å². The number of ketones is 1. The van der Waals surface area contributed by atoms with E-state index in [1.165, 1.54) is 5.56 Å². The molecule has 1 unspecified atom stereocenters. The van der Waals surface area contributed by atoms with Crippen LogP contribution in [0.5, 0.6) is 5.75 Å². The Morgan fingerprint density at radius 1 is 1.24 bits per heavy atom. The van der Waals surface area contributed by atoms with Crippen molar-refractivity contribution >= 4 is 5.78 Å². The van der Waals surface area contributed by atoms with E-state index in [2.05, 4.69) is 12.1 Å². The molecule has 92 valence electrons. The van der Waals surface area contributed by atoms with Crippen LogP contribution in [0, 0.1) is 0 Å². The van der Waals surface area contributed by atoms with Gasteiger partial charge in [0.1, 0.15) is 11.5 Å². The van der Waals surface area contributed by atoms with Gasteiger partial charge in [-0.1, -0.05) is 12.1 Å².